The average molecular weight is 319 g/mol. The Labute approximate surface area is 100 Å². The number of hydrogen-bond donors (Lipinski definition) is 1. The molecule has 0 spiro atoms. The van der Waals surface area contributed by atoms with E-state index in [-0.39, 0.29) is 6.04 Å². The highest BCUT2D eigenvalue weighted by molar-refractivity contribution is 14.1. The summed E-state index contributed by atoms with van der Waals surface area (Å²) in [4.78, 5) is 1.21. The minimum absolute atomic E-state index is 0.0457. The standard InChI is InChI=1S/C9H10IN3S/c1-13-5-6(4-12-13)8(11)9-7(10)2-3-14-9/h2-5,8H,11H2,1H3. The third-order valence-electron chi connectivity index (χ3n) is 2.01. The van der Waals surface area contributed by atoms with Crippen molar-refractivity contribution < 1.29 is 0 Å². The number of nitrogens with two attached hydrogens (primary N) is 1. The molecule has 1 atom stereocenters. The Morgan fingerprint density at radius 1 is 1.64 bits per heavy atom. The predicted octanol–water partition coefficient (Wildman–Crippen LogP) is 2.13. The molecule has 2 aromatic rings. The van der Waals surface area contributed by atoms with Gasteiger partial charge < -0.3 is 5.73 Å². The van der Waals surface area contributed by atoms with Crippen molar-refractivity contribution in [3.05, 3.63) is 37.9 Å². The maximum Gasteiger partial charge on any atom is 0.0687 e. The van der Waals surface area contributed by atoms with Crippen LogP contribution in [0.25, 0.3) is 0 Å². The van der Waals surface area contributed by atoms with Gasteiger partial charge in [0.05, 0.1) is 12.2 Å². The summed E-state index contributed by atoms with van der Waals surface area (Å²) in [6.07, 6.45) is 3.78. The molecular formula is C9H10IN3S. The summed E-state index contributed by atoms with van der Waals surface area (Å²) in [6, 6.07) is 2.03. The largest absolute Gasteiger partial charge is 0.319 e. The molecule has 0 saturated heterocycles. The van der Waals surface area contributed by atoms with Gasteiger partial charge in [0.2, 0.25) is 0 Å². The Balaban J connectivity index is 2.33. The van der Waals surface area contributed by atoms with Gasteiger partial charge in [-0.1, -0.05) is 0 Å². The molecule has 0 saturated carbocycles. The second kappa shape index (κ2) is 4.00. The van der Waals surface area contributed by atoms with Crippen LogP contribution >= 0.6 is 33.9 Å². The van der Waals surface area contributed by atoms with Crippen LogP contribution in [-0.4, -0.2) is 9.78 Å². The third kappa shape index (κ3) is 1.84. The van der Waals surface area contributed by atoms with Crippen molar-refractivity contribution in [1.82, 2.24) is 9.78 Å². The summed E-state index contributed by atoms with van der Waals surface area (Å²) >= 11 is 4.00. The molecule has 3 nitrogen and oxygen atoms in total. The molecule has 0 aromatic carbocycles. The maximum atomic E-state index is 6.13. The van der Waals surface area contributed by atoms with Crippen LogP contribution < -0.4 is 5.73 Å². The molecule has 2 N–H and O–H groups in total. The van der Waals surface area contributed by atoms with E-state index in [0.29, 0.717) is 0 Å². The first-order valence-electron chi connectivity index (χ1n) is 4.15. The van der Waals surface area contributed by atoms with Crippen LogP contribution in [0.1, 0.15) is 16.5 Å². The molecule has 0 bridgehead atoms. The Kier molecular flexibility index (Phi) is 2.89. The molecule has 2 heterocycles. The molecule has 14 heavy (non-hydrogen) atoms. The van der Waals surface area contributed by atoms with Gasteiger partial charge in [0.25, 0.3) is 0 Å². The van der Waals surface area contributed by atoms with Crippen molar-refractivity contribution in [3.8, 4) is 0 Å². The number of thiophene rings is 1. The molecule has 0 radical (unpaired) electrons. The van der Waals surface area contributed by atoms with E-state index < -0.39 is 0 Å². The Morgan fingerprint density at radius 2 is 2.43 bits per heavy atom. The van der Waals surface area contributed by atoms with Crippen LogP contribution in [0.15, 0.2) is 23.8 Å². The fraction of sp³-hybridized carbons (Fsp3) is 0.222. The van der Waals surface area contributed by atoms with E-state index in [1.807, 2.05) is 19.4 Å². The zero-order valence-corrected chi connectivity index (χ0v) is 10.6. The summed E-state index contributed by atoms with van der Waals surface area (Å²) in [5.41, 5.74) is 7.19. The van der Waals surface area contributed by atoms with Gasteiger partial charge in [-0.2, -0.15) is 5.10 Å². The lowest BCUT2D eigenvalue weighted by atomic mass is 10.1. The van der Waals surface area contributed by atoms with Crippen molar-refractivity contribution in [3.63, 3.8) is 0 Å². The molecule has 2 rings (SSSR count). The normalized spacial score (nSPS) is 13.1. The predicted molar refractivity (Wildman–Crippen MR) is 66.3 cm³/mol. The molecule has 1 unspecified atom stereocenters. The van der Waals surface area contributed by atoms with E-state index >= 15 is 0 Å². The molecule has 5 heteroatoms. The topological polar surface area (TPSA) is 43.8 Å². The lowest BCUT2D eigenvalue weighted by molar-refractivity contribution is 0.765. The van der Waals surface area contributed by atoms with Crippen LogP contribution in [0.4, 0.5) is 0 Å². The minimum Gasteiger partial charge on any atom is -0.319 e. The van der Waals surface area contributed by atoms with Gasteiger partial charge in [0.1, 0.15) is 0 Å². The molecule has 0 aliphatic heterocycles. The van der Waals surface area contributed by atoms with Crippen molar-refractivity contribution in [2.45, 2.75) is 6.04 Å². The highest BCUT2D eigenvalue weighted by atomic mass is 127. The second-order valence-corrected chi connectivity index (χ2v) is 5.17. The molecule has 0 aliphatic rings. The maximum absolute atomic E-state index is 6.13. The van der Waals surface area contributed by atoms with Gasteiger partial charge in [-0.3, -0.25) is 4.68 Å². The number of aryl methyl sites for hydroxylation is 1. The van der Waals surface area contributed by atoms with Crippen LogP contribution in [0.2, 0.25) is 0 Å². The Morgan fingerprint density at radius 3 is 2.93 bits per heavy atom. The van der Waals surface area contributed by atoms with E-state index in [1.54, 1.807) is 16.0 Å². The first kappa shape index (κ1) is 10.1. The summed E-state index contributed by atoms with van der Waals surface area (Å²) in [5, 5.41) is 6.18. The van der Waals surface area contributed by atoms with Crippen LogP contribution in [0, 0.1) is 3.57 Å². The molecule has 74 valence electrons. The van der Waals surface area contributed by atoms with Crippen LogP contribution in [0.3, 0.4) is 0 Å². The number of aromatic nitrogens is 2. The lowest BCUT2D eigenvalue weighted by Crippen LogP contribution is -2.10. The van der Waals surface area contributed by atoms with Gasteiger partial charge in [-0.25, -0.2) is 0 Å². The number of hydrogen-bond acceptors (Lipinski definition) is 3. The average Bonchev–Trinajstić information content (AvgIpc) is 2.73. The minimum atomic E-state index is -0.0457. The van der Waals surface area contributed by atoms with Gasteiger partial charge in [-0.05, 0) is 34.0 Å². The monoisotopic (exact) mass is 319 g/mol. The fourth-order valence-electron chi connectivity index (χ4n) is 1.28. The van der Waals surface area contributed by atoms with Gasteiger partial charge in [0.15, 0.2) is 0 Å². The number of halogens is 1. The van der Waals surface area contributed by atoms with Crippen molar-refractivity contribution >= 4 is 33.9 Å². The first-order valence-corrected chi connectivity index (χ1v) is 6.11. The lowest BCUT2D eigenvalue weighted by Gasteiger charge is -2.07. The Bertz CT molecular complexity index is 435. The fourth-order valence-corrected chi connectivity index (χ4v) is 3.23. The summed E-state index contributed by atoms with van der Waals surface area (Å²) in [6.45, 7) is 0. The first-order chi connectivity index (χ1) is 6.68. The molecule has 2 aromatic heterocycles. The van der Waals surface area contributed by atoms with E-state index in [9.17, 15) is 0 Å². The van der Waals surface area contributed by atoms with Gasteiger partial charge in [0, 0.05) is 27.3 Å². The highest BCUT2D eigenvalue weighted by Crippen LogP contribution is 2.28. The second-order valence-electron chi connectivity index (χ2n) is 3.06. The van der Waals surface area contributed by atoms with E-state index in [1.165, 1.54) is 8.45 Å². The summed E-state index contributed by atoms with van der Waals surface area (Å²) < 4.78 is 3.00. The van der Waals surface area contributed by atoms with Crippen molar-refractivity contribution in [2.75, 3.05) is 0 Å². The van der Waals surface area contributed by atoms with Gasteiger partial charge in [-0.15, -0.1) is 11.3 Å². The highest BCUT2D eigenvalue weighted by Gasteiger charge is 2.14. The molecule has 0 fully saturated rings. The van der Waals surface area contributed by atoms with Gasteiger partial charge >= 0.3 is 0 Å². The number of rotatable bonds is 2. The summed E-state index contributed by atoms with van der Waals surface area (Å²) in [5.74, 6) is 0. The molecular weight excluding hydrogens is 309 g/mol. The number of nitrogens with zero attached hydrogens (tertiary/aromatic N) is 2. The van der Waals surface area contributed by atoms with E-state index in [2.05, 4.69) is 39.1 Å². The van der Waals surface area contributed by atoms with Crippen LogP contribution in [-0.2, 0) is 7.05 Å². The summed E-state index contributed by atoms with van der Waals surface area (Å²) in [7, 11) is 1.90. The van der Waals surface area contributed by atoms with Crippen molar-refractivity contribution in [1.29, 1.82) is 0 Å². The third-order valence-corrected chi connectivity index (χ3v) is 4.32. The SMILES string of the molecule is Cn1cc(C(N)c2sccc2I)cn1. The van der Waals surface area contributed by atoms with E-state index in [0.717, 1.165) is 5.56 Å². The quantitative estimate of drug-likeness (QED) is 0.862. The van der Waals surface area contributed by atoms with E-state index in [4.69, 9.17) is 5.73 Å². The van der Waals surface area contributed by atoms with Crippen LogP contribution in [0.5, 0.6) is 0 Å². The molecule has 0 aliphatic carbocycles. The zero-order chi connectivity index (χ0) is 10.1. The Hall–Kier alpha value is -0.400. The zero-order valence-electron chi connectivity index (χ0n) is 7.64. The molecule has 0 amide bonds. The smallest absolute Gasteiger partial charge is 0.0687 e. The van der Waals surface area contributed by atoms with Crippen molar-refractivity contribution in [2.24, 2.45) is 12.8 Å².